The average Bonchev–Trinajstić information content (AvgIpc) is 2.67. The Hall–Kier alpha value is -2.22. The van der Waals surface area contributed by atoms with Crippen molar-refractivity contribution in [3.8, 4) is 23.0 Å². The third-order valence-corrected chi connectivity index (χ3v) is 5.24. The van der Waals surface area contributed by atoms with Crippen LogP contribution in [0.15, 0.2) is 36.4 Å². The summed E-state index contributed by atoms with van der Waals surface area (Å²) >= 11 is -0.0608. The van der Waals surface area contributed by atoms with Crippen molar-refractivity contribution >= 4 is 11.8 Å². The van der Waals surface area contributed by atoms with Crippen molar-refractivity contribution < 1.29 is 32.1 Å². The van der Waals surface area contributed by atoms with Crippen LogP contribution < -0.4 is 18.9 Å². The first-order valence-corrected chi connectivity index (χ1v) is 9.30. The van der Waals surface area contributed by atoms with Crippen molar-refractivity contribution in [3.63, 3.8) is 0 Å². The lowest BCUT2D eigenvalue weighted by Crippen LogP contribution is -2.20. The van der Waals surface area contributed by atoms with Crippen LogP contribution in [-0.4, -0.2) is 39.2 Å². The number of alkyl halides is 3. The van der Waals surface area contributed by atoms with Gasteiger partial charge in [-0.3, -0.25) is 0 Å². The van der Waals surface area contributed by atoms with Gasteiger partial charge in [-0.2, -0.15) is 13.2 Å². The Morgan fingerprint density at radius 1 is 0.786 bits per heavy atom. The van der Waals surface area contributed by atoms with Crippen LogP contribution in [0.4, 0.5) is 13.2 Å². The molecule has 28 heavy (non-hydrogen) atoms. The van der Waals surface area contributed by atoms with E-state index < -0.39 is 16.7 Å². The van der Waals surface area contributed by atoms with Crippen molar-refractivity contribution in [1.29, 1.82) is 0 Å². The molecule has 0 fully saturated rings. The molecule has 0 spiro atoms. The molecular weight excluding hydrogens is 393 g/mol. The largest absolute Gasteiger partial charge is 0.497 e. The number of benzene rings is 2. The molecule has 2 aromatic rings. The van der Waals surface area contributed by atoms with E-state index in [2.05, 4.69) is 0 Å². The van der Waals surface area contributed by atoms with E-state index >= 15 is 0 Å². The van der Waals surface area contributed by atoms with Gasteiger partial charge in [-0.05, 0) is 29.5 Å². The van der Waals surface area contributed by atoms with Gasteiger partial charge in [0.1, 0.15) is 23.0 Å². The summed E-state index contributed by atoms with van der Waals surface area (Å²) in [5.74, 6) is 1.25. The fraction of sp³-hybridized carbons (Fsp3) is 0.400. The lowest BCUT2D eigenvalue weighted by atomic mass is 9.87. The van der Waals surface area contributed by atoms with Gasteiger partial charge in [0.15, 0.2) is 0 Å². The van der Waals surface area contributed by atoms with E-state index in [9.17, 15) is 13.2 Å². The quantitative estimate of drug-likeness (QED) is 0.568. The molecule has 0 amide bonds. The first-order valence-electron chi connectivity index (χ1n) is 8.42. The van der Waals surface area contributed by atoms with Gasteiger partial charge in [-0.1, -0.05) is 19.1 Å². The Morgan fingerprint density at radius 2 is 1.29 bits per heavy atom. The Kier molecular flexibility index (Phi) is 7.35. The molecule has 0 aliphatic heterocycles. The second-order valence-corrected chi connectivity index (χ2v) is 7.41. The molecule has 8 heteroatoms. The minimum Gasteiger partial charge on any atom is -0.497 e. The standard InChI is InChI=1S/C20H23F3O4S/c1-12(28-20(21,22)23)18(13-6-8-14(24-2)9-7-13)19-16(26-4)10-15(25-3)11-17(19)27-5/h6-12,18H,1-5H3. The van der Waals surface area contributed by atoms with E-state index in [0.29, 0.717) is 34.1 Å². The second-order valence-electron chi connectivity index (χ2n) is 5.97. The van der Waals surface area contributed by atoms with Crippen LogP contribution in [0, 0.1) is 0 Å². The van der Waals surface area contributed by atoms with Gasteiger partial charge in [-0.25, -0.2) is 0 Å². The maximum Gasteiger partial charge on any atom is 0.442 e. The predicted octanol–water partition coefficient (Wildman–Crippen LogP) is 5.49. The molecule has 0 bridgehead atoms. The van der Waals surface area contributed by atoms with Crippen LogP contribution in [0.3, 0.4) is 0 Å². The fourth-order valence-corrected chi connectivity index (χ4v) is 3.95. The minimum atomic E-state index is -4.38. The normalized spacial score (nSPS) is 13.6. The lowest BCUT2D eigenvalue weighted by Gasteiger charge is -2.28. The highest BCUT2D eigenvalue weighted by Crippen LogP contribution is 2.49. The molecule has 0 aliphatic rings. The summed E-state index contributed by atoms with van der Waals surface area (Å²) in [4.78, 5) is 0. The van der Waals surface area contributed by atoms with E-state index in [1.54, 1.807) is 36.4 Å². The molecule has 4 nitrogen and oxygen atoms in total. The van der Waals surface area contributed by atoms with E-state index in [4.69, 9.17) is 18.9 Å². The summed E-state index contributed by atoms with van der Waals surface area (Å²) in [6.45, 7) is 1.54. The molecule has 0 N–H and O–H groups in total. The summed E-state index contributed by atoms with van der Waals surface area (Å²) in [6.07, 6.45) is 0. The van der Waals surface area contributed by atoms with Gasteiger partial charge < -0.3 is 18.9 Å². The molecule has 0 radical (unpaired) electrons. The molecule has 2 aromatic carbocycles. The van der Waals surface area contributed by atoms with Crippen LogP contribution in [0.5, 0.6) is 23.0 Å². The van der Waals surface area contributed by atoms with Crippen LogP contribution >= 0.6 is 11.8 Å². The van der Waals surface area contributed by atoms with Crippen molar-refractivity contribution in [2.24, 2.45) is 0 Å². The average molecular weight is 416 g/mol. The number of ether oxygens (including phenoxy) is 4. The first kappa shape index (κ1) is 22.1. The van der Waals surface area contributed by atoms with Crippen LogP contribution in [0.25, 0.3) is 0 Å². The van der Waals surface area contributed by atoms with E-state index in [1.165, 1.54) is 35.4 Å². The smallest absolute Gasteiger partial charge is 0.442 e. The zero-order valence-electron chi connectivity index (χ0n) is 16.3. The van der Waals surface area contributed by atoms with Gasteiger partial charge in [0, 0.05) is 28.9 Å². The first-order chi connectivity index (χ1) is 13.2. The van der Waals surface area contributed by atoms with Gasteiger partial charge in [-0.15, -0.1) is 0 Å². The molecule has 0 heterocycles. The SMILES string of the molecule is COc1ccc(C(c2c(OC)cc(OC)cc2OC)C(C)SC(F)(F)F)cc1. The van der Waals surface area contributed by atoms with Gasteiger partial charge in [0.25, 0.3) is 0 Å². The maximum atomic E-state index is 13.2. The summed E-state index contributed by atoms with van der Waals surface area (Å²) in [6, 6.07) is 10.2. The third kappa shape index (κ3) is 5.19. The Bertz CT molecular complexity index is 753. The highest BCUT2D eigenvalue weighted by Gasteiger charge is 2.38. The summed E-state index contributed by atoms with van der Waals surface area (Å²) in [7, 11) is 5.95. The molecule has 0 saturated heterocycles. The van der Waals surface area contributed by atoms with Gasteiger partial charge >= 0.3 is 5.51 Å². The predicted molar refractivity (Wildman–Crippen MR) is 104 cm³/mol. The monoisotopic (exact) mass is 416 g/mol. The molecule has 0 aromatic heterocycles. The number of methoxy groups -OCH3 is 4. The van der Waals surface area contributed by atoms with Crippen molar-refractivity contribution in [1.82, 2.24) is 0 Å². The molecule has 154 valence electrons. The highest BCUT2D eigenvalue weighted by atomic mass is 32.2. The van der Waals surface area contributed by atoms with Gasteiger partial charge in [0.2, 0.25) is 0 Å². The van der Waals surface area contributed by atoms with E-state index in [1.807, 2.05) is 0 Å². The van der Waals surface area contributed by atoms with Crippen LogP contribution in [0.2, 0.25) is 0 Å². The molecule has 0 aliphatic carbocycles. The van der Waals surface area contributed by atoms with E-state index in [0.717, 1.165) is 0 Å². The van der Waals surface area contributed by atoms with E-state index in [-0.39, 0.29) is 11.8 Å². The Morgan fingerprint density at radius 3 is 1.68 bits per heavy atom. The lowest BCUT2D eigenvalue weighted by molar-refractivity contribution is -0.0333. The van der Waals surface area contributed by atoms with Gasteiger partial charge in [0.05, 0.1) is 28.4 Å². The topological polar surface area (TPSA) is 36.9 Å². The summed E-state index contributed by atoms with van der Waals surface area (Å²) in [5, 5.41) is -0.843. The molecule has 0 saturated carbocycles. The number of halogens is 3. The van der Waals surface area contributed by atoms with Crippen molar-refractivity contribution in [3.05, 3.63) is 47.5 Å². The summed E-state index contributed by atoms with van der Waals surface area (Å²) in [5.41, 5.74) is -3.16. The molecular formula is C20H23F3O4S. The van der Waals surface area contributed by atoms with Crippen LogP contribution in [0.1, 0.15) is 24.0 Å². The Balaban J connectivity index is 2.66. The zero-order valence-corrected chi connectivity index (χ0v) is 17.1. The zero-order chi connectivity index (χ0) is 20.9. The second kappa shape index (κ2) is 9.32. The minimum absolute atomic E-state index is 0.0608. The number of hydrogen-bond donors (Lipinski definition) is 0. The summed E-state index contributed by atoms with van der Waals surface area (Å²) < 4.78 is 60.9. The third-order valence-electron chi connectivity index (χ3n) is 4.33. The molecule has 2 rings (SSSR count). The molecule has 2 unspecified atom stereocenters. The Labute approximate surface area is 166 Å². The maximum absolute atomic E-state index is 13.2. The van der Waals surface area contributed by atoms with Crippen molar-refractivity contribution in [2.45, 2.75) is 23.6 Å². The highest BCUT2D eigenvalue weighted by molar-refractivity contribution is 8.00. The molecule has 2 atom stereocenters. The number of thioether (sulfide) groups is 1. The fourth-order valence-electron chi connectivity index (χ4n) is 3.10. The number of hydrogen-bond acceptors (Lipinski definition) is 5. The number of rotatable bonds is 8. The van der Waals surface area contributed by atoms with Crippen molar-refractivity contribution in [2.75, 3.05) is 28.4 Å². The van der Waals surface area contributed by atoms with Crippen LogP contribution in [-0.2, 0) is 0 Å².